The summed E-state index contributed by atoms with van der Waals surface area (Å²) in [5.74, 6) is 0.807. The van der Waals surface area contributed by atoms with E-state index < -0.39 is 6.67 Å². The van der Waals surface area contributed by atoms with Crippen LogP contribution in [0.3, 0.4) is 0 Å². The molecule has 0 atom stereocenters. The van der Waals surface area contributed by atoms with Crippen molar-refractivity contribution in [2.75, 3.05) is 20.3 Å². The van der Waals surface area contributed by atoms with E-state index in [9.17, 15) is 9.18 Å². The molecule has 0 spiro atoms. The van der Waals surface area contributed by atoms with Crippen molar-refractivity contribution in [1.82, 2.24) is 14.8 Å². The Hall–Kier alpha value is -2.21. The number of fused-ring (bicyclic) bond motifs is 1. The van der Waals surface area contributed by atoms with E-state index >= 15 is 0 Å². The Morgan fingerprint density at radius 3 is 3.04 bits per heavy atom. The summed E-state index contributed by atoms with van der Waals surface area (Å²) in [5.41, 5.74) is 3.51. The molecule has 0 N–H and O–H groups in total. The van der Waals surface area contributed by atoms with Crippen LogP contribution in [0.25, 0.3) is 0 Å². The lowest BCUT2D eigenvalue weighted by Gasteiger charge is -2.30. The summed E-state index contributed by atoms with van der Waals surface area (Å²) in [7, 11) is 2.04. The minimum absolute atomic E-state index is 0.0334. The summed E-state index contributed by atoms with van der Waals surface area (Å²) >= 11 is 0. The van der Waals surface area contributed by atoms with Crippen molar-refractivity contribution in [3.8, 4) is 0 Å². The van der Waals surface area contributed by atoms with Gasteiger partial charge in [0.1, 0.15) is 5.76 Å². The van der Waals surface area contributed by atoms with Gasteiger partial charge in [0.25, 0.3) is 0 Å². The fourth-order valence-electron chi connectivity index (χ4n) is 3.17. The van der Waals surface area contributed by atoms with Crippen molar-refractivity contribution in [2.45, 2.75) is 32.5 Å². The molecule has 2 aromatic heterocycles. The van der Waals surface area contributed by atoms with Crippen LogP contribution in [-0.2, 0) is 30.8 Å². The number of nitrogens with zero attached hydrogens (tertiary/aromatic N) is 3. The maximum atomic E-state index is 12.4. The molecule has 0 bridgehead atoms. The molecule has 2 aromatic rings. The number of pyridine rings is 1. The number of aromatic nitrogens is 1. The number of hydrogen-bond acceptors (Lipinski definition) is 4. The third kappa shape index (κ3) is 3.82. The van der Waals surface area contributed by atoms with Gasteiger partial charge in [-0.25, -0.2) is 0 Å². The smallest absolute Gasteiger partial charge is 0.225 e. The summed E-state index contributed by atoms with van der Waals surface area (Å²) in [4.78, 5) is 20.1. The first-order chi connectivity index (χ1) is 11.7. The van der Waals surface area contributed by atoms with Crippen LogP contribution < -0.4 is 0 Å². The van der Waals surface area contributed by atoms with E-state index in [-0.39, 0.29) is 12.3 Å². The quantitative estimate of drug-likeness (QED) is 0.816. The Bertz CT molecular complexity index is 688. The zero-order valence-electron chi connectivity index (χ0n) is 13.9. The molecule has 0 aromatic carbocycles. The molecule has 3 rings (SSSR count). The molecule has 0 aliphatic carbocycles. The topological polar surface area (TPSA) is 49.6 Å². The Morgan fingerprint density at radius 1 is 1.42 bits per heavy atom. The Labute approximate surface area is 141 Å². The predicted molar refractivity (Wildman–Crippen MR) is 87.8 cm³/mol. The molecular formula is C18H22FN3O2. The number of amides is 1. The maximum absolute atomic E-state index is 12.4. The second-order valence-corrected chi connectivity index (χ2v) is 6.19. The van der Waals surface area contributed by atoms with Gasteiger partial charge >= 0.3 is 0 Å². The summed E-state index contributed by atoms with van der Waals surface area (Å²) in [6.07, 6.45) is 6.16. The summed E-state index contributed by atoms with van der Waals surface area (Å²) in [6.45, 7) is 2.08. The highest BCUT2D eigenvalue weighted by atomic mass is 19.1. The maximum Gasteiger partial charge on any atom is 0.225 e. The van der Waals surface area contributed by atoms with Crippen LogP contribution >= 0.6 is 0 Å². The third-order valence-electron chi connectivity index (χ3n) is 4.34. The standard InChI is InChI=1S/C18H22FN3O2/c1-21(13-16-3-2-8-24-16)11-14-9-20-10-15-12-22(7-5-17(14)15)18(23)4-6-19/h2-3,8-10H,4-7,11-13H2,1H3. The highest BCUT2D eigenvalue weighted by Crippen LogP contribution is 2.23. The lowest BCUT2D eigenvalue weighted by atomic mass is 9.96. The van der Waals surface area contributed by atoms with Gasteiger partial charge < -0.3 is 9.32 Å². The van der Waals surface area contributed by atoms with E-state index in [1.807, 2.05) is 31.6 Å². The largest absolute Gasteiger partial charge is 0.468 e. The molecule has 0 fully saturated rings. The summed E-state index contributed by atoms with van der Waals surface area (Å²) < 4.78 is 17.8. The van der Waals surface area contributed by atoms with Crippen LogP contribution in [0.5, 0.6) is 0 Å². The van der Waals surface area contributed by atoms with Crippen molar-refractivity contribution in [3.05, 3.63) is 53.2 Å². The van der Waals surface area contributed by atoms with E-state index in [4.69, 9.17) is 4.42 Å². The molecule has 6 heteroatoms. The molecule has 0 saturated heterocycles. The molecule has 128 valence electrons. The van der Waals surface area contributed by atoms with Gasteiger partial charge in [-0.05, 0) is 42.3 Å². The zero-order chi connectivity index (χ0) is 16.9. The first kappa shape index (κ1) is 16.6. The molecule has 5 nitrogen and oxygen atoms in total. The molecule has 1 aliphatic rings. The zero-order valence-corrected chi connectivity index (χ0v) is 13.9. The predicted octanol–water partition coefficient (Wildman–Crippen LogP) is 2.55. The minimum Gasteiger partial charge on any atom is -0.468 e. The van der Waals surface area contributed by atoms with Gasteiger partial charge in [-0.1, -0.05) is 0 Å². The van der Waals surface area contributed by atoms with Crippen molar-refractivity contribution in [1.29, 1.82) is 0 Å². The molecule has 0 saturated carbocycles. The van der Waals surface area contributed by atoms with Crippen LogP contribution in [0.2, 0.25) is 0 Å². The average Bonchev–Trinajstić information content (AvgIpc) is 3.07. The fourth-order valence-corrected chi connectivity index (χ4v) is 3.17. The van der Waals surface area contributed by atoms with Crippen LogP contribution in [0.15, 0.2) is 35.2 Å². The van der Waals surface area contributed by atoms with Gasteiger partial charge in [0.05, 0.1) is 25.9 Å². The van der Waals surface area contributed by atoms with Crippen LogP contribution in [0.1, 0.15) is 28.9 Å². The van der Waals surface area contributed by atoms with Gasteiger partial charge in [-0.3, -0.25) is 19.1 Å². The molecule has 1 amide bonds. The Balaban J connectivity index is 1.68. The van der Waals surface area contributed by atoms with Crippen molar-refractivity contribution >= 4 is 5.91 Å². The van der Waals surface area contributed by atoms with E-state index in [0.29, 0.717) is 13.1 Å². The Kier molecular flexibility index (Phi) is 5.25. The van der Waals surface area contributed by atoms with Crippen LogP contribution in [0.4, 0.5) is 4.39 Å². The second-order valence-electron chi connectivity index (χ2n) is 6.19. The third-order valence-corrected chi connectivity index (χ3v) is 4.34. The summed E-state index contributed by atoms with van der Waals surface area (Å²) in [5, 5.41) is 0. The molecule has 0 radical (unpaired) electrons. The van der Waals surface area contributed by atoms with Crippen molar-refractivity contribution in [3.63, 3.8) is 0 Å². The van der Waals surface area contributed by atoms with Crippen molar-refractivity contribution in [2.24, 2.45) is 0 Å². The highest BCUT2D eigenvalue weighted by Gasteiger charge is 2.22. The number of carbonyl (C=O) groups excluding carboxylic acids is 1. The molecule has 0 unspecified atom stereocenters. The Morgan fingerprint density at radius 2 is 2.29 bits per heavy atom. The van der Waals surface area contributed by atoms with Gasteiger partial charge in [-0.2, -0.15) is 0 Å². The van der Waals surface area contributed by atoms with Gasteiger partial charge in [0.2, 0.25) is 5.91 Å². The number of hydrogen-bond donors (Lipinski definition) is 0. The highest BCUT2D eigenvalue weighted by molar-refractivity contribution is 5.76. The van der Waals surface area contributed by atoms with Crippen molar-refractivity contribution < 1.29 is 13.6 Å². The monoisotopic (exact) mass is 331 g/mol. The van der Waals surface area contributed by atoms with Crippen LogP contribution in [-0.4, -0.2) is 41.0 Å². The second kappa shape index (κ2) is 7.57. The van der Waals surface area contributed by atoms with Gasteiger partial charge in [0, 0.05) is 32.0 Å². The van der Waals surface area contributed by atoms with Crippen LogP contribution in [0, 0.1) is 0 Å². The van der Waals surface area contributed by atoms with Gasteiger partial charge in [0.15, 0.2) is 0 Å². The fraction of sp³-hybridized carbons (Fsp3) is 0.444. The number of rotatable bonds is 6. The van der Waals surface area contributed by atoms with Gasteiger partial charge in [-0.15, -0.1) is 0 Å². The van der Waals surface area contributed by atoms with E-state index in [1.54, 1.807) is 11.2 Å². The SMILES string of the molecule is CN(Cc1ccco1)Cc1cncc2c1CCN(C(=O)CCF)C2. The average molecular weight is 331 g/mol. The molecular weight excluding hydrogens is 309 g/mol. The number of carbonyl (C=O) groups is 1. The lowest BCUT2D eigenvalue weighted by molar-refractivity contribution is -0.132. The number of alkyl halides is 1. The minimum atomic E-state index is -0.599. The number of furan rings is 1. The molecule has 3 heterocycles. The first-order valence-electron chi connectivity index (χ1n) is 8.16. The molecule has 1 aliphatic heterocycles. The van der Waals surface area contributed by atoms with E-state index in [2.05, 4.69) is 9.88 Å². The van der Waals surface area contributed by atoms with E-state index in [1.165, 1.54) is 11.1 Å². The number of halogens is 1. The summed E-state index contributed by atoms with van der Waals surface area (Å²) in [6, 6.07) is 3.85. The lowest BCUT2D eigenvalue weighted by Crippen LogP contribution is -2.36. The molecule has 24 heavy (non-hydrogen) atoms. The first-order valence-corrected chi connectivity index (χ1v) is 8.16. The normalized spacial score (nSPS) is 14.0. The van der Waals surface area contributed by atoms with E-state index in [0.717, 1.165) is 30.8 Å².